The molecule has 0 unspecified atom stereocenters. The highest BCUT2D eigenvalue weighted by atomic mass is 32.1. The van der Waals surface area contributed by atoms with Crippen LogP contribution in [0.1, 0.15) is 0 Å². The van der Waals surface area contributed by atoms with Gasteiger partial charge in [0.25, 0.3) is 5.56 Å². The summed E-state index contributed by atoms with van der Waals surface area (Å²) in [6.07, 6.45) is 1.51. The monoisotopic (exact) mass is 366 g/mol. The van der Waals surface area contributed by atoms with Crippen molar-refractivity contribution in [2.75, 3.05) is 6.61 Å². The van der Waals surface area contributed by atoms with Crippen LogP contribution in [0.4, 0.5) is 4.39 Å². The predicted octanol–water partition coefficient (Wildman–Crippen LogP) is 4.34. The molecule has 2 heterocycles. The number of para-hydroxylation sites is 1. The summed E-state index contributed by atoms with van der Waals surface area (Å²) in [5, 5.41) is 2.56. The van der Waals surface area contributed by atoms with E-state index in [-0.39, 0.29) is 17.9 Å². The van der Waals surface area contributed by atoms with Gasteiger partial charge in [0.2, 0.25) is 0 Å². The van der Waals surface area contributed by atoms with Gasteiger partial charge in [0.15, 0.2) is 11.6 Å². The van der Waals surface area contributed by atoms with Crippen LogP contribution < -0.4 is 10.3 Å². The molecule has 0 amide bonds. The highest BCUT2D eigenvalue weighted by molar-refractivity contribution is 7.17. The Labute approximate surface area is 153 Å². The molecule has 6 heteroatoms. The van der Waals surface area contributed by atoms with E-state index in [1.165, 1.54) is 28.3 Å². The van der Waals surface area contributed by atoms with Gasteiger partial charge in [-0.3, -0.25) is 9.36 Å². The van der Waals surface area contributed by atoms with Crippen LogP contribution in [0, 0.1) is 5.82 Å². The summed E-state index contributed by atoms with van der Waals surface area (Å²) in [5.74, 6) is -0.243. The second kappa shape index (κ2) is 7.09. The van der Waals surface area contributed by atoms with Crippen molar-refractivity contribution in [3.05, 3.63) is 82.5 Å². The normalized spacial score (nSPS) is 11.0. The first-order valence-electron chi connectivity index (χ1n) is 8.13. The molecule has 0 spiro atoms. The summed E-state index contributed by atoms with van der Waals surface area (Å²) in [5.41, 5.74) is 1.75. The molecule has 0 saturated heterocycles. The topological polar surface area (TPSA) is 44.1 Å². The third-order valence-electron chi connectivity index (χ3n) is 4.07. The summed E-state index contributed by atoms with van der Waals surface area (Å²) in [4.78, 5) is 18.0. The minimum atomic E-state index is -0.419. The maximum atomic E-state index is 13.6. The molecule has 130 valence electrons. The minimum Gasteiger partial charge on any atom is -0.489 e. The van der Waals surface area contributed by atoms with Crippen molar-refractivity contribution in [3.63, 3.8) is 0 Å². The summed E-state index contributed by atoms with van der Waals surface area (Å²) in [7, 11) is 0. The summed E-state index contributed by atoms with van der Waals surface area (Å²) < 4.78 is 20.5. The van der Waals surface area contributed by atoms with Gasteiger partial charge < -0.3 is 4.74 Å². The molecule has 0 aliphatic rings. The maximum absolute atomic E-state index is 13.6. The van der Waals surface area contributed by atoms with Crippen molar-refractivity contribution in [3.8, 4) is 16.9 Å². The number of ether oxygens (including phenoxy) is 1. The zero-order valence-electron chi connectivity index (χ0n) is 13.8. The summed E-state index contributed by atoms with van der Waals surface area (Å²) in [6, 6.07) is 16.0. The molecule has 0 aliphatic carbocycles. The van der Waals surface area contributed by atoms with Gasteiger partial charge in [-0.05, 0) is 17.7 Å². The molecule has 0 aliphatic heterocycles. The SMILES string of the molecule is O=c1c2c(-c3ccccc3)csc2ncn1CCOc1ccccc1F. The van der Waals surface area contributed by atoms with E-state index < -0.39 is 5.82 Å². The van der Waals surface area contributed by atoms with E-state index in [0.29, 0.717) is 16.8 Å². The van der Waals surface area contributed by atoms with Crippen molar-refractivity contribution < 1.29 is 9.13 Å². The number of halogens is 1. The van der Waals surface area contributed by atoms with E-state index in [1.54, 1.807) is 18.2 Å². The van der Waals surface area contributed by atoms with Gasteiger partial charge in [0.05, 0.1) is 18.3 Å². The van der Waals surface area contributed by atoms with Crippen molar-refractivity contribution in [2.45, 2.75) is 6.54 Å². The fourth-order valence-corrected chi connectivity index (χ4v) is 3.68. The second-order valence-electron chi connectivity index (χ2n) is 5.72. The smallest absolute Gasteiger partial charge is 0.262 e. The van der Waals surface area contributed by atoms with Crippen LogP contribution >= 0.6 is 11.3 Å². The number of benzene rings is 2. The lowest BCUT2D eigenvalue weighted by Gasteiger charge is -2.09. The van der Waals surface area contributed by atoms with Crippen molar-refractivity contribution in [1.29, 1.82) is 0 Å². The Balaban J connectivity index is 1.61. The number of aromatic nitrogens is 2. The Bertz CT molecular complexity index is 1110. The lowest BCUT2D eigenvalue weighted by molar-refractivity contribution is 0.282. The quantitative estimate of drug-likeness (QED) is 0.528. The van der Waals surface area contributed by atoms with Crippen LogP contribution in [-0.2, 0) is 6.54 Å². The van der Waals surface area contributed by atoms with Gasteiger partial charge in [-0.15, -0.1) is 11.3 Å². The van der Waals surface area contributed by atoms with Gasteiger partial charge in [-0.25, -0.2) is 9.37 Å². The van der Waals surface area contributed by atoms with Crippen molar-refractivity contribution in [2.24, 2.45) is 0 Å². The number of fused-ring (bicyclic) bond motifs is 1. The fourth-order valence-electron chi connectivity index (χ4n) is 2.77. The first-order valence-corrected chi connectivity index (χ1v) is 9.01. The number of nitrogens with zero attached hydrogens (tertiary/aromatic N) is 2. The maximum Gasteiger partial charge on any atom is 0.262 e. The molecule has 0 N–H and O–H groups in total. The number of hydrogen-bond acceptors (Lipinski definition) is 4. The Morgan fingerprint density at radius 2 is 1.85 bits per heavy atom. The highest BCUT2D eigenvalue weighted by Gasteiger charge is 2.13. The first kappa shape index (κ1) is 16.5. The molecule has 0 bridgehead atoms. The van der Waals surface area contributed by atoms with Crippen LogP contribution in [0.2, 0.25) is 0 Å². The predicted molar refractivity (Wildman–Crippen MR) is 101 cm³/mol. The van der Waals surface area contributed by atoms with Gasteiger partial charge in [-0.1, -0.05) is 42.5 Å². The molecular weight excluding hydrogens is 351 g/mol. The Morgan fingerprint density at radius 1 is 1.08 bits per heavy atom. The molecule has 0 saturated carbocycles. The Morgan fingerprint density at radius 3 is 2.65 bits per heavy atom. The zero-order valence-corrected chi connectivity index (χ0v) is 14.6. The molecule has 26 heavy (non-hydrogen) atoms. The summed E-state index contributed by atoms with van der Waals surface area (Å²) >= 11 is 1.45. The van der Waals surface area contributed by atoms with Crippen LogP contribution in [0.3, 0.4) is 0 Å². The van der Waals surface area contributed by atoms with Crippen LogP contribution in [0.25, 0.3) is 21.3 Å². The molecule has 0 atom stereocenters. The third kappa shape index (κ3) is 3.11. The average molecular weight is 366 g/mol. The van der Waals surface area contributed by atoms with Crippen LogP contribution in [0.15, 0.2) is 71.1 Å². The minimum absolute atomic E-state index is 0.118. The fraction of sp³-hybridized carbons (Fsp3) is 0.100. The molecular formula is C20H15FN2O2S. The van der Waals surface area contributed by atoms with E-state index in [2.05, 4.69) is 4.98 Å². The number of rotatable bonds is 5. The lowest BCUT2D eigenvalue weighted by Crippen LogP contribution is -2.23. The van der Waals surface area contributed by atoms with Crippen LogP contribution in [0.5, 0.6) is 5.75 Å². The van der Waals surface area contributed by atoms with E-state index in [4.69, 9.17) is 4.74 Å². The van der Waals surface area contributed by atoms with E-state index in [0.717, 1.165) is 11.1 Å². The van der Waals surface area contributed by atoms with E-state index >= 15 is 0 Å². The lowest BCUT2D eigenvalue weighted by atomic mass is 10.1. The van der Waals surface area contributed by atoms with Crippen LogP contribution in [-0.4, -0.2) is 16.2 Å². The van der Waals surface area contributed by atoms with Gasteiger partial charge in [0, 0.05) is 10.9 Å². The van der Waals surface area contributed by atoms with Crippen molar-refractivity contribution >= 4 is 21.6 Å². The molecule has 4 nitrogen and oxygen atoms in total. The average Bonchev–Trinajstić information content (AvgIpc) is 3.11. The second-order valence-corrected chi connectivity index (χ2v) is 6.58. The van der Waals surface area contributed by atoms with Gasteiger partial charge in [0.1, 0.15) is 11.4 Å². The molecule has 2 aromatic heterocycles. The molecule has 4 rings (SSSR count). The van der Waals surface area contributed by atoms with E-state index in [1.807, 2.05) is 35.7 Å². The molecule has 2 aromatic carbocycles. The Hall–Kier alpha value is -2.99. The summed E-state index contributed by atoms with van der Waals surface area (Å²) in [6.45, 7) is 0.471. The Kier molecular flexibility index (Phi) is 4.50. The zero-order chi connectivity index (χ0) is 17.9. The third-order valence-corrected chi connectivity index (χ3v) is 4.96. The van der Waals surface area contributed by atoms with Crippen molar-refractivity contribution in [1.82, 2.24) is 9.55 Å². The molecule has 0 fully saturated rings. The standard InChI is InChI=1S/C20H15FN2O2S/c21-16-8-4-5-9-17(16)25-11-10-23-13-22-19-18(20(23)24)15(12-26-19)14-6-2-1-3-7-14/h1-9,12-13H,10-11H2. The molecule has 0 radical (unpaired) electrons. The number of thiophene rings is 1. The number of hydrogen-bond donors (Lipinski definition) is 0. The molecule has 4 aromatic rings. The first-order chi connectivity index (χ1) is 12.7. The van der Waals surface area contributed by atoms with Gasteiger partial charge in [-0.2, -0.15) is 0 Å². The highest BCUT2D eigenvalue weighted by Crippen LogP contribution is 2.30. The van der Waals surface area contributed by atoms with E-state index in [9.17, 15) is 9.18 Å². The largest absolute Gasteiger partial charge is 0.489 e. The van der Waals surface area contributed by atoms with Gasteiger partial charge >= 0.3 is 0 Å².